The summed E-state index contributed by atoms with van der Waals surface area (Å²) >= 11 is 6.24. The molecule has 35 heavy (non-hydrogen) atoms. The Kier molecular flexibility index (Phi) is 5.91. The highest BCUT2D eigenvalue weighted by Gasteiger charge is 2.36. The molecule has 0 saturated carbocycles. The van der Waals surface area contributed by atoms with E-state index >= 15 is 0 Å². The monoisotopic (exact) mass is 484 g/mol. The highest BCUT2D eigenvalue weighted by atomic mass is 35.5. The van der Waals surface area contributed by atoms with Crippen LogP contribution in [0, 0.1) is 20.8 Å². The van der Waals surface area contributed by atoms with E-state index in [0.717, 1.165) is 27.8 Å². The van der Waals surface area contributed by atoms with Gasteiger partial charge in [0.1, 0.15) is 0 Å². The molecule has 2 amide bonds. The van der Waals surface area contributed by atoms with Gasteiger partial charge < -0.3 is 9.84 Å². The Hall–Kier alpha value is -3.90. The van der Waals surface area contributed by atoms with Gasteiger partial charge in [-0.1, -0.05) is 64.8 Å². The molecule has 1 aliphatic rings. The SMILES string of the molecule is CC1=C(c2nc(-c3cccc(C)c3)no2)C(c2ccc(C)c(C)c2)NC(=O)N1c1cccc(Cl)c1. The van der Waals surface area contributed by atoms with Crippen molar-refractivity contribution >= 4 is 28.9 Å². The summed E-state index contributed by atoms with van der Waals surface area (Å²) in [6, 6.07) is 20.6. The van der Waals surface area contributed by atoms with Crippen LogP contribution in [0.2, 0.25) is 5.02 Å². The quantitative estimate of drug-likeness (QED) is 0.338. The van der Waals surface area contributed by atoms with E-state index in [1.165, 1.54) is 5.56 Å². The largest absolute Gasteiger partial charge is 0.334 e. The first-order chi connectivity index (χ1) is 16.8. The number of amides is 2. The van der Waals surface area contributed by atoms with Gasteiger partial charge in [-0.25, -0.2) is 4.79 Å². The van der Waals surface area contributed by atoms with Crippen molar-refractivity contribution in [2.45, 2.75) is 33.7 Å². The van der Waals surface area contributed by atoms with E-state index in [1.807, 2.05) is 56.3 Å². The molecule has 1 atom stereocenters. The van der Waals surface area contributed by atoms with Crippen LogP contribution in [0.1, 0.15) is 41.1 Å². The fourth-order valence-electron chi connectivity index (χ4n) is 4.37. The van der Waals surface area contributed by atoms with Gasteiger partial charge in [0.05, 0.1) is 17.3 Å². The molecular formula is C28H25ClN4O2. The van der Waals surface area contributed by atoms with Gasteiger partial charge in [-0.3, -0.25) is 4.90 Å². The van der Waals surface area contributed by atoms with Crippen LogP contribution in [0.5, 0.6) is 0 Å². The van der Waals surface area contributed by atoms with E-state index in [-0.39, 0.29) is 6.03 Å². The average molecular weight is 485 g/mol. The second-order valence-electron chi connectivity index (χ2n) is 8.83. The van der Waals surface area contributed by atoms with Gasteiger partial charge in [0, 0.05) is 16.3 Å². The number of aromatic nitrogens is 2. The number of nitrogens with zero attached hydrogens (tertiary/aromatic N) is 3. The Balaban J connectivity index is 1.68. The topological polar surface area (TPSA) is 71.3 Å². The number of aryl methyl sites for hydroxylation is 3. The Morgan fingerprint density at radius 1 is 0.943 bits per heavy atom. The lowest BCUT2D eigenvalue weighted by Crippen LogP contribution is -2.46. The normalized spacial score (nSPS) is 16.0. The third-order valence-electron chi connectivity index (χ3n) is 6.35. The molecule has 3 aromatic carbocycles. The summed E-state index contributed by atoms with van der Waals surface area (Å²) in [4.78, 5) is 19.7. The van der Waals surface area contributed by atoms with Crippen molar-refractivity contribution in [3.63, 3.8) is 0 Å². The molecular weight excluding hydrogens is 460 g/mol. The first-order valence-electron chi connectivity index (χ1n) is 11.4. The minimum atomic E-state index is -0.456. The molecule has 2 heterocycles. The molecule has 0 aliphatic carbocycles. The Labute approximate surface area is 209 Å². The third kappa shape index (κ3) is 4.33. The highest BCUT2D eigenvalue weighted by Crippen LogP contribution is 2.39. The van der Waals surface area contributed by atoms with Gasteiger partial charge >= 0.3 is 6.03 Å². The Morgan fingerprint density at radius 2 is 1.74 bits per heavy atom. The van der Waals surface area contributed by atoms with Gasteiger partial charge in [0.2, 0.25) is 5.82 Å². The second-order valence-corrected chi connectivity index (χ2v) is 9.27. The number of hydrogen-bond acceptors (Lipinski definition) is 4. The molecule has 0 saturated heterocycles. The van der Waals surface area contributed by atoms with Gasteiger partial charge in [-0.05, 0) is 68.7 Å². The molecule has 1 aliphatic heterocycles. The lowest BCUT2D eigenvalue weighted by molar-refractivity contribution is 0.244. The maximum Gasteiger partial charge on any atom is 0.326 e. The number of hydrogen-bond donors (Lipinski definition) is 1. The zero-order valence-corrected chi connectivity index (χ0v) is 20.7. The van der Waals surface area contributed by atoms with E-state index in [1.54, 1.807) is 17.0 Å². The van der Waals surface area contributed by atoms with E-state index in [2.05, 4.69) is 36.5 Å². The molecule has 1 aromatic heterocycles. The maximum absolute atomic E-state index is 13.4. The van der Waals surface area contributed by atoms with Crippen LogP contribution in [0.25, 0.3) is 17.0 Å². The first-order valence-corrected chi connectivity index (χ1v) is 11.7. The van der Waals surface area contributed by atoms with Crippen LogP contribution in [0.4, 0.5) is 10.5 Å². The smallest absolute Gasteiger partial charge is 0.326 e. The first kappa shape index (κ1) is 22.9. The summed E-state index contributed by atoms with van der Waals surface area (Å²) in [7, 11) is 0. The van der Waals surface area contributed by atoms with Crippen LogP contribution in [-0.4, -0.2) is 16.2 Å². The molecule has 6 nitrogen and oxygen atoms in total. The molecule has 176 valence electrons. The number of urea groups is 1. The maximum atomic E-state index is 13.4. The molecule has 0 fully saturated rings. The van der Waals surface area contributed by atoms with E-state index in [0.29, 0.717) is 28.1 Å². The van der Waals surface area contributed by atoms with Crippen LogP contribution < -0.4 is 10.2 Å². The molecule has 0 bridgehead atoms. The summed E-state index contributed by atoms with van der Waals surface area (Å²) in [6.07, 6.45) is 0. The van der Waals surface area contributed by atoms with Crippen molar-refractivity contribution < 1.29 is 9.32 Å². The summed E-state index contributed by atoms with van der Waals surface area (Å²) in [5.41, 5.74) is 7.31. The molecule has 0 radical (unpaired) electrons. The summed E-state index contributed by atoms with van der Waals surface area (Å²) in [5.74, 6) is 0.850. The van der Waals surface area contributed by atoms with Crippen molar-refractivity contribution in [3.8, 4) is 11.4 Å². The fraction of sp³-hybridized carbons (Fsp3) is 0.179. The minimum absolute atomic E-state index is 0.254. The van der Waals surface area contributed by atoms with Crippen LogP contribution in [0.15, 0.2) is 77.0 Å². The predicted octanol–water partition coefficient (Wildman–Crippen LogP) is 7.02. The zero-order valence-electron chi connectivity index (χ0n) is 20.0. The molecule has 0 spiro atoms. The standard InChI is InChI=1S/C28H25ClN4O2/c1-16-7-5-8-21(13-16)26-31-27(35-32-26)24-19(4)33(23-10-6-9-22(29)15-23)28(34)30-25(24)20-12-11-17(2)18(3)14-20/h5-15,25H,1-4H3,(H,30,34). The summed E-state index contributed by atoms with van der Waals surface area (Å²) in [5, 5.41) is 7.94. The van der Waals surface area contributed by atoms with Crippen molar-refractivity contribution in [1.29, 1.82) is 0 Å². The van der Waals surface area contributed by atoms with E-state index in [4.69, 9.17) is 21.1 Å². The number of carbonyl (C=O) groups excluding carboxylic acids is 1. The summed E-state index contributed by atoms with van der Waals surface area (Å²) < 4.78 is 5.79. The van der Waals surface area contributed by atoms with Crippen molar-refractivity contribution in [2.24, 2.45) is 0 Å². The van der Waals surface area contributed by atoms with Gasteiger partial charge in [-0.15, -0.1) is 0 Å². The highest BCUT2D eigenvalue weighted by molar-refractivity contribution is 6.31. The van der Waals surface area contributed by atoms with Crippen LogP contribution in [-0.2, 0) is 0 Å². The van der Waals surface area contributed by atoms with Crippen molar-refractivity contribution in [3.05, 3.63) is 106 Å². The van der Waals surface area contributed by atoms with Crippen molar-refractivity contribution in [1.82, 2.24) is 15.5 Å². The Morgan fingerprint density at radius 3 is 2.49 bits per heavy atom. The van der Waals surface area contributed by atoms with Crippen molar-refractivity contribution in [2.75, 3.05) is 4.90 Å². The minimum Gasteiger partial charge on any atom is -0.334 e. The second kappa shape index (κ2) is 9.04. The van der Waals surface area contributed by atoms with Gasteiger partial charge in [0.25, 0.3) is 5.89 Å². The lowest BCUT2D eigenvalue weighted by atomic mass is 9.92. The van der Waals surface area contributed by atoms with Gasteiger partial charge in [0.15, 0.2) is 0 Å². The molecule has 1 N–H and O–H groups in total. The number of carbonyl (C=O) groups is 1. The predicted molar refractivity (Wildman–Crippen MR) is 138 cm³/mol. The number of benzene rings is 3. The molecule has 1 unspecified atom stereocenters. The fourth-order valence-corrected chi connectivity index (χ4v) is 4.56. The zero-order chi connectivity index (χ0) is 24.7. The van der Waals surface area contributed by atoms with Crippen LogP contribution >= 0.6 is 11.6 Å². The molecule has 7 heteroatoms. The lowest BCUT2D eigenvalue weighted by Gasteiger charge is -2.35. The number of halogens is 1. The number of nitrogens with one attached hydrogen (secondary N) is 1. The summed E-state index contributed by atoms with van der Waals surface area (Å²) in [6.45, 7) is 8.03. The van der Waals surface area contributed by atoms with Gasteiger partial charge in [-0.2, -0.15) is 4.98 Å². The molecule has 4 aromatic rings. The van der Waals surface area contributed by atoms with E-state index in [9.17, 15) is 4.79 Å². The molecule has 5 rings (SSSR count). The third-order valence-corrected chi connectivity index (χ3v) is 6.58. The number of anilines is 1. The average Bonchev–Trinajstić information content (AvgIpc) is 3.30. The number of rotatable bonds is 4. The van der Waals surface area contributed by atoms with E-state index < -0.39 is 6.04 Å². The van der Waals surface area contributed by atoms with Crippen LogP contribution in [0.3, 0.4) is 0 Å². The Bertz CT molecular complexity index is 1470. The number of allylic oxidation sites excluding steroid dienone is 1.